The Kier molecular flexibility index (Phi) is 4.61. The van der Waals surface area contributed by atoms with Crippen LogP contribution in [0.3, 0.4) is 0 Å². The minimum Gasteiger partial charge on any atom is -0.370 e. The Hall–Kier alpha value is -1.32. The van der Waals surface area contributed by atoms with E-state index in [1.165, 1.54) is 12.8 Å². The average Bonchev–Trinajstić information content (AvgIpc) is 3.21. The van der Waals surface area contributed by atoms with Crippen molar-refractivity contribution in [1.82, 2.24) is 9.97 Å². The molecule has 0 atom stereocenters. The summed E-state index contributed by atoms with van der Waals surface area (Å²) in [7, 11) is 0. The van der Waals surface area contributed by atoms with Crippen molar-refractivity contribution in [2.24, 2.45) is 0 Å². The van der Waals surface area contributed by atoms with Crippen molar-refractivity contribution in [3.63, 3.8) is 0 Å². The van der Waals surface area contributed by atoms with E-state index in [2.05, 4.69) is 49.0 Å². The van der Waals surface area contributed by atoms with Crippen molar-refractivity contribution >= 4 is 11.6 Å². The van der Waals surface area contributed by atoms with Crippen LogP contribution in [0.4, 0.5) is 11.6 Å². The molecule has 4 nitrogen and oxygen atoms in total. The van der Waals surface area contributed by atoms with Crippen LogP contribution in [-0.2, 0) is 0 Å². The normalized spacial score (nSPS) is 14.8. The molecule has 0 radical (unpaired) electrons. The molecule has 1 saturated carbocycles. The van der Waals surface area contributed by atoms with E-state index in [-0.39, 0.29) is 0 Å². The maximum absolute atomic E-state index is 4.77. The van der Waals surface area contributed by atoms with Gasteiger partial charge in [-0.15, -0.1) is 0 Å². The van der Waals surface area contributed by atoms with E-state index in [1.54, 1.807) is 0 Å². The minimum absolute atomic E-state index is 0.464. The van der Waals surface area contributed by atoms with Crippen LogP contribution in [0.25, 0.3) is 0 Å². The molecule has 1 heterocycles. The van der Waals surface area contributed by atoms with Gasteiger partial charge in [0.25, 0.3) is 0 Å². The minimum atomic E-state index is 0.464. The zero-order chi connectivity index (χ0) is 13.8. The summed E-state index contributed by atoms with van der Waals surface area (Å²) in [6.07, 6.45) is 3.59. The van der Waals surface area contributed by atoms with Crippen LogP contribution in [0, 0.1) is 0 Å². The third-order valence-electron chi connectivity index (χ3n) is 3.49. The van der Waals surface area contributed by atoms with E-state index in [0.29, 0.717) is 12.0 Å². The van der Waals surface area contributed by atoms with Crippen LogP contribution in [0.5, 0.6) is 0 Å². The van der Waals surface area contributed by atoms with Crippen molar-refractivity contribution in [3.8, 4) is 0 Å². The first-order valence-electron chi connectivity index (χ1n) is 7.55. The molecule has 0 aromatic carbocycles. The highest BCUT2D eigenvalue weighted by atomic mass is 15.2. The number of nitrogens with zero attached hydrogens (tertiary/aromatic N) is 3. The Labute approximate surface area is 116 Å². The molecule has 0 amide bonds. The lowest BCUT2D eigenvalue weighted by molar-refractivity contribution is 0.688. The van der Waals surface area contributed by atoms with Gasteiger partial charge < -0.3 is 10.2 Å². The highest BCUT2D eigenvalue weighted by Gasteiger charge is 2.28. The molecule has 1 N–H and O–H groups in total. The number of rotatable bonds is 7. The quantitative estimate of drug-likeness (QED) is 0.817. The fraction of sp³-hybridized carbons (Fsp3) is 0.733. The van der Waals surface area contributed by atoms with Gasteiger partial charge in [-0.1, -0.05) is 6.92 Å². The van der Waals surface area contributed by atoms with E-state index in [4.69, 9.17) is 4.98 Å². The summed E-state index contributed by atoms with van der Waals surface area (Å²) in [4.78, 5) is 11.8. The Morgan fingerprint density at radius 1 is 1.32 bits per heavy atom. The van der Waals surface area contributed by atoms with Gasteiger partial charge in [-0.3, -0.25) is 0 Å². The summed E-state index contributed by atoms with van der Waals surface area (Å²) in [5.74, 6) is 3.66. The van der Waals surface area contributed by atoms with E-state index in [9.17, 15) is 0 Å². The molecule has 0 aliphatic heterocycles. The van der Waals surface area contributed by atoms with Crippen molar-refractivity contribution in [1.29, 1.82) is 0 Å². The lowest BCUT2D eigenvalue weighted by Gasteiger charge is -2.27. The van der Waals surface area contributed by atoms with Crippen molar-refractivity contribution in [3.05, 3.63) is 11.9 Å². The second kappa shape index (κ2) is 6.22. The first-order valence-corrected chi connectivity index (χ1v) is 7.55. The molecule has 106 valence electrons. The Bertz CT molecular complexity index is 413. The van der Waals surface area contributed by atoms with Gasteiger partial charge in [0.05, 0.1) is 0 Å². The number of hydrogen-bond donors (Lipinski definition) is 1. The molecule has 1 fully saturated rings. The molecule has 1 aliphatic rings. The molecule has 19 heavy (non-hydrogen) atoms. The summed E-state index contributed by atoms with van der Waals surface area (Å²) in [5, 5.41) is 3.40. The van der Waals surface area contributed by atoms with Crippen LogP contribution < -0.4 is 10.2 Å². The summed E-state index contributed by atoms with van der Waals surface area (Å²) in [6.45, 7) is 10.7. The third kappa shape index (κ3) is 3.58. The first kappa shape index (κ1) is 14.1. The van der Waals surface area contributed by atoms with E-state index in [0.717, 1.165) is 37.0 Å². The molecule has 1 aliphatic carbocycles. The zero-order valence-corrected chi connectivity index (χ0v) is 12.6. The number of nitrogens with one attached hydrogen (secondary N) is 1. The Morgan fingerprint density at radius 3 is 2.58 bits per heavy atom. The Balaban J connectivity index is 2.27. The average molecular weight is 262 g/mol. The van der Waals surface area contributed by atoms with Crippen LogP contribution in [0.15, 0.2) is 6.07 Å². The van der Waals surface area contributed by atoms with Gasteiger partial charge in [0.2, 0.25) is 0 Å². The molecule has 0 unspecified atom stereocenters. The third-order valence-corrected chi connectivity index (χ3v) is 3.49. The number of anilines is 2. The van der Waals surface area contributed by atoms with Crippen molar-refractivity contribution in [2.45, 2.75) is 58.9 Å². The molecule has 1 aromatic rings. The van der Waals surface area contributed by atoms with Crippen molar-refractivity contribution in [2.75, 3.05) is 23.3 Å². The predicted octanol–water partition coefficient (Wildman–Crippen LogP) is 3.41. The summed E-state index contributed by atoms with van der Waals surface area (Å²) < 4.78 is 0. The maximum atomic E-state index is 4.77. The van der Waals surface area contributed by atoms with Gasteiger partial charge in [-0.2, -0.15) is 0 Å². The summed E-state index contributed by atoms with van der Waals surface area (Å²) >= 11 is 0. The van der Waals surface area contributed by atoms with Gasteiger partial charge in [-0.05, 0) is 40.0 Å². The van der Waals surface area contributed by atoms with Crippen LogP contribution >= 0.6 is 0 Å². The maximum Gasteiger partial charge on any atom is 0.136 e. The van der Waals surface area contributed by atoms with Gasteiger partial charge in [0.1, 0.15) is 17.5 Å². The molecule has 4 heteroatoms. The second-order valence-electron chi connectivity index (χ2n) is 5.55. The molecule has 1 aromatic heterocycles. The molecular formula is C15H26N4. The zero-order valence-electron chi connectivity index (χ0n) is 12.6. The van der Waals surface area contributed by atoms with Gasteiger partial charge in [0, 0.05) is 31.1 Å². The highest BCUT2D eigenvalue weighted by molar-refractivity contribution is 5.50. The fourth-order valence-electron chi connectivity index (χ4n) is 2.26. The first-order chi connectivity index (χ1) is 9.15. The van der Waals surface area contributed by atoms with Crippen LogP contribution in [-0.4, -0.2) is 29.1 Å². The van der Waals surface area contributed by atoms with Gasteiger partial charge in [-0.25, -0.2) is 9.97 Å². The SMILES string of the molecule is CCCNc1cc(N(CC)C(C)C)nc(C2CC2)n1. The molecule has 0 saturated heterocycles. The summed E-state index contributed by atoms with van der Waals surface area (Å²) in [6, 6.07) is 2.55. The highest BCUT2D eigenvalue weighted by Crippen LogP contribution is 2.39. The summed E-state index contributed by atoms with van der Waals surface area (Å²) in [5.41, 5.74) is 0. The van der Waals surface area contributed by atoms with Crippen LogP contribution in [0.2, 0.25) is 0 Å². The molecule has 0 spiro atoms. The Morgan fingerprint density at radius 2 is 2.05 bits per heavy atom. The van der Waals surface area contributed by atoms with E-state index in [1.807, 2.05) is 0 Å². The van der Waals surface area contributed by atoms with Gasteiger partial charge in [0.15, 0.2) is 0 Å². The predicted molar refractivity (Wildman–Crippen MR) is 80.9 cm³/mol. The number of aromatic nitrogens is 2. The van der Waals surface area contributed by atoms with E-state index < -0.39 is 0 Å². The largest absolute Gasteiger partial charge is 0.370 e. The molecular weight excluding hydrogens is 236 g/mol. The smallest absolute Gasteiger partial charge is 0.136 e. The van der Waals surface area contributed by atoms with Crippen LogP contribution in [0.1, 0.15) is 58.7 Å². The second-order valence-corrected chi connectivity index (χ2v) is 5.55. The topological polar surface area (TPSA) is 41.0 Å². The fourth-order valence-corrected chi connectivity index (χ4v) is 2.26. The van der Waals surface area contributed by atoms with E-state index >= 15 is 0 Å². The molecule has 0 bridgehead atoms. The standard InChI is InChI=1S/C15H26N4/c1-5-9-16-13-10-14(19(6-2)11(3)4)18-15(17-13)12-7-8-12/h10-12H,5-9H2,1-4H3,(H,16,17,18). The van der Waals surface area contributed by atoms with Crippen molar-refractivity contribution < 1.29 is 0 Å². The number of hydrogen-bond acceptors (Lipinski definition) is 4. The molecule has 2 rings (SSSR count). The lowest BCUT2D eigenvalue weighted by atomic mass is 10.3. The monoisotopic (exact) mass is 262 g/mol. The lowest BCUT2D eigenvalue weighted by Crippen LogP contribution is -2.31. The van der Waals surface area contributed by atoms with Gasteiger partial charge >= 0.3 is 0 Å².